The van der Waals surface area contributed by atoms with E-state index >= 15 is 0 Å². The summed E-state index contributed by atoms with van der Waals surface area (Å²) in [4.78, 5) is 42.9. The zero-order chi connectivity index (χ0) is 41.1. The maximum atomic E-state index is 12.4. The van der Waals surface area contributed by atoms with Crippen molar-refractivity contribution in [3.63, 3.8) is 0 Å². The topological polar surface area (TPSA) is 119 Å². The first-order valence-corrected chi connectivity index (χ1v) is 23.8. The molecule has 0 aliphatic heterocycles. The largest absolute Gasteiger partial charge is 0.469 e. The number of hydrogen-bond donors (Lipinski definition) is 2. The van der Waals surface area contributed by atoms with E-state index in [-0.39, 0.29) is 19.4 Å². The number of allylic oxidation sites excluding steroid dienone is 12. The van der Waals surface area contributed by atoms with E-state index < -0.39 is 32.5 Å². The van der Waals surface area contributed by atoms with Gasteiger partial charge in [0.2, 0.25) is 0 Å². The van der Waals surface area contributed by atoms with Crippen molar-refractivity contribution in [2.45, 2.75) is 200 Å². The van der Waals surface area contributed by atoms with Crippen LogP contribution in [0.2, 0.25) is 0 Å². The fourth-order valence-corrected chi connectivity index (χ4v) is 6.35. The predicted molar refractivity (Wildman–Crippen MR) is 234 cm³/mol. The smallest absolute Gasteiger partial charge is 0.462 e. The van der Waals surface area contributed by atoms with E-state index in [2.05, 4.69) is 79.1 Å². The van der Waals surface area contributed by atoms with Gasteiger partial charge < -0.3 is 19.3 Å². The molecule has 0 aromatic carbocycles. The van der Waals surface area contributed by atoms with Gasteiger partial charge in [0, 0.05) is 12.8 Å². The SMILES string of the molecule is CC/C=C\C/C=C\C/C=C\C/C=C\C/C=C\C/C=C\CCC(=O)OC[C@H](COP(=O)(O)O)OC(=O)CCCCCCCCCCCCCCCCCCCCC. The van der Waals surface area contributed by atoms with E-state index in [0.717, 1.165) is 57.8 Å². The van der Waals surface area contributed by atoms with E-state index in [9.17, 15) is 14.2 Å². The molecule has 0 bridgehead atoms. The van der Waals surface area contributed by atoms with E-state index in [1.165, 1.54) is 96.3 Å². The zero-order valence-corrected chi connectivity index (χ0v) is 36.4. The van der Waals surface area contributed by atoms with Gasteiger partial charge in [-0.05, 0) is 51.4 Å². The third-order valence-electron chi connectivity index (χ3n) is 9.25. The number of esters is 2. The van der Waals surface area contributed by atoms with Gasteiger partial charge in [0.15, 0.2) is 6.10 Å². The van der Waals surface area contributed by atoms with E-state index in [4.69, 9.17) is 19.3 Å². The molecule has 0 saturated carbocycles. The lowest BCUT2D eigenvalue weighted by atomic mass is 10.0. The first-order chi connectivity index (χ1) is 27.3. The van der Waals surface area contributed by atoms with Crippen molar-refractivity contribution in [2.75, 3.05) is 13.2 Å². The summed E-state index contributed by atoms with van der Waals surface area (Å²) in [5, 5.41) is 0. The van der Waals surface area contributed by atoms with Crippen LogP contribution in [-0.2, 0) is 28.2 Å². The molecule has 0 fully saturated rings. The van der Waals surface area contributed by atoms with Crippen LogP contribution in [0.1, 0.15) is 194 Å². The minimum atomic E-state index is -4.77. The molecule has 56 heavy (non-hydrogen) atoms. The number of ether oxygens (including phenoxy) is 2. The number of carbonyl (C=O) groups is 2. The van der Waals surface area contributed by atoms with Crippen LogP contribution in [0.15, 0.2) is 72.9 Å². The van der Waals surface area contributed by atoms with Crippen molar-refractivity contribution in [2.24, 2.45) is 0 Å². The van der Waals surface area contributed by atoms with Crippen LogP contribution < -0.4 is 0 Å². The Morgan fingerprint density at radius 2 is 0.857 bits per heavy atom. The molecule has 322 valence electrons. The van der Waals surface area contributed by atoms with Gasteiger partial charge in [-0.15, -0.1) is 0 Å². The molecule has 0 aliphatic carbocycles. The van der Waals surface area contributed by atoms with Gasteiger partial charge in [-0.25, -0.2) is 4.57 Å². The molecule has 8 nitrogen and oxygen atoms in total. The second kappa shape index (κ2) is 42.1. The van der Waals surface area contributed by atoms with Crippen LogP contribution >= 0.6 is 7.82 Å². The van der Waals surface area contributed by atoms with Gasteiger partial charge in [-0.2, -0.15) is 0 Å². The van der Waals surface area contributed by atoms with Gasteiger partial charge in [0.05, 0.1) is 6.61 Å². The maximum Gasteiger partial charge on any atom is 0.469 e. The highest BCUT2D eigenvalue weighted by Crippen LogP contribution is 2.36. The van der Waals surface area contributed by atoms with Crippen LogP contribution in [0.4, 0.5) is 0 Å². The molecule has 2 N–H and O–H groups in total. The van der Waals surface area contributed by atoms with E-state index in [0.29, 0.717) is 12.8 Å². The van der Waals surface area contributed by atoms with Crippen LogP contribution in [0.5, 0.6) is 0 Å². The summed E-state index contributed by atoms with van der Waals surface area (Å²) in [5.74, 6) is -0.981. The number of carbonyl (C=O) groups excluding carboxylic acids is 2. The lowest BCUT2D eigenvalue weighted by molar-refractivity contribution is -0.161. The molecule has 0 saturated heterocycles. The van der Waals surface area contributed by atoms with Gasteiger partial charge in [0.25, 0.3) is 0 Å². The minimum absolute atomic E-state index is 0.140. The molecule has 0 heterocycles. The van der Waals surface area contributed by atoms with Crippen molar-refractivity contribution in [3.8, 4) is 0 Å². The van der Waals surface area contributed by atoms with Crippen molar-refractivity contribution in [3.05, 3.63) is 72.9 Å². The first kappa shape index (κ1) is 53.5. The summed E-state index contributed by atoms with van der Waals surface area (Å²) in [7, 11) is -4.77. The average molecular weight is 805 g/mol. The molecule has 9 heteroatoms. The Morgan fingerprint density at radius 3 is 1.25 bits per heavy atom. The zero-order valence-electron chi connectivity index (χ0n) is 35.5. The predicted octanol–water partition coefficient (Wildman–Crippen LogP) is 13.9. The highest BCUT2D eigenvalue weighted by atomic mass is 31.2. The highest BCUT2D eigenvalue weighted by Gasteiger charge is 2.22. The molecule has 0 aliphatic rings. The Bertz CT molecular complexity index is 1130. The molecule has 0 spiro atoms. The summed E-state index contributed by atoms with van der Waals surface area (Å²) in [6, 6.07) is 0. The second-order valence-electron chi connectivity index (χ2n) is 14.6. The molecule has 0 unspecified atom stereocenters. The summed E-state index contributed by atoms with van der Waals surface area (Å²) in [6.45, 7) is 3.52. The fourth-order valence-electron chi connectivity index (χ4n) is 5.99. The standard InChI is InChI=1S/C47H81O8P/c1-3-5-7-9-11-13-15-17-19-21-23-25-27-29-31-33-35-37-39-41-46(48)53-43-45(44-54-56(50,51)52)55-47(49)42-40-38-36-34-32-30-28-26-24-22-20-18-16-14-12-10-8-6-4-2/h5,7,11,13,17,19,23,25,29,31,35,37,45H,3-4,6,8-10,12,14-16,18,20-22,24,26-28,30,32-34,36,38-44H2,1-2H3,(H2,50,51,52)/b7-5-,13-11-,19-17-,25-23-,31-29-,37-35-/t45-/m1/s1. The fraction of sp³-hybridized carbons (Fsp3) is 0.702. The van der Waals surface area contributed by atoms with Crippen molar-refractivity contribution in [1.82, 2.24) is 0 Å². The lowest BCUT2D eigenvalue weighted by Crippen LogP contribution is -2.29. The molecule has 0 aromatic rings. The molecule has 0 amide bonds. The quantitative estimate of drug-likeness (QED) is 0.0272. The third kappa shape index (κ3) is 44.2. The second-order valence-corrected chi connectivity index (χ2v) is 15.9. The Morgan fingerprint density at radius 1 is 0.482 bits per heavy atom. The van der Waals surface area contributed by atoms with Gasteiger partial charge in [-0.1, -0.05) is 202 Å². The highest BCUT2D eigenvalue weighted by molar-refractivity contribution is 7.46. The summed E-state index contributed by atoms with van der Waals surface area (Å²) >= 11 is 0. The average Bonchev–Trinajstić information content (AvgIpc) is 3.17. The van der Waals surface area contributed by atoms with Crippen molar-refractivity contribution in [1.29, 1.82) is 0 Å². The first-order valence-electron chi connectivity index (χ1n) is 22.2. The molecule has 1 atom stereocenters. The molecule has 0 rings (SSSR count). The Labute approximate surface area is 342 Å². The number of unbranched alkanes of at least 4 members (excludes halogenated alkanes) is 18. The lowest BCUT2D eigenvalue weighted by Gasteiger charge is -2.18. The normalized spacial score (nSPS) is 13.1. The molecule has 0 radical (unpaired) electrons. The Kier molecular flexibility index (Phi) is 40.2. The number of phosphoric ester groups is 1. The Hall–Kier alpha value is -2.51. The summed E-state index contributed by atoms with van der Waals surface area (Å²) in [6.07, 6.45) is 55.0. The van der Waals surface area contributed by atoms with Gasteiger partial charge in [0.1, 0.15) is 6.61 Å². The van der Waals surface area contributed by atoms with E-state index in [1.54, 1.807) is 0 Å². The van der Waals surface area contributed by atoms with Crippen LogP contribution in [0.3, 0.4) is 0 Å². The van der Waals surface area contributed by atoms with Crippen molar-refractivity contribution < 1.29 is 37.9 Å². The van der Waals surface area contributed by atoms with Crippen LogP contribution in [0, 0.1) is 0 Å². The summed E-state index contributed by atoms with van der Waals surface area (Å²) < 4.78 is 26.4. The molecule has 0 aromatic heterocycles. The third-order valence-corrected chi connectivity index (χ3v) is 9.74. The molecular formula is C47H81O8P. The monoisotopic (exact) mass is 805 g/mol. The van der Waals surface area contributed by atoms with Crippen LogP contribution in [-0.4, -0.2) is 41.0 Å². The Balaban J connectivity index is 4.00. The number of hydrogen-bond acceptors (Lipinski definition) is 6. The minimum Gasteiger partial charge on any atom is -0.462 e. The van der Waals surface area contributed by atoms with Gasteiger partial charge in [-0.3, -0.25) is 14.1 Å². The number of rotatable bonds is 40. The maximum absolute atomic E-state index is 12.4. The van der Waals surface area contributed by atoms with Gasteiger partial charge >= 0.3 is 19.8 Å². The molecular weight excluding hydrogens is 723 g/mol. The van der Waals surface area contributed by atoms with Crippen molar-refractivity contribution >= 4 is 19.8 Å². The number of phosphoric acid groups is 1. The summed E-state index contributed by atoms with van der Waals surface area (Å²) in [5.41, 5.74) is 0. The van der Waals surface area contributed by atoms with E-state index in [1.807, 2.05) is 12.2 Å². The van der Waals surface area contributed by atoms with Crippen LogP contribution in [0.25, 0.3) is 0 Å².